The van der Waals surface area contributed by atoms with Crippen LogP contribution in [0, 0.1) is 0 Å². The fourth-order valence-corrected chi connectivity index (χ4v) is 3.52. The van der Waals surface area contributed by atoms with Gasteiger partial charge in [-0.25, -0.2) is 13.2 Å². The van der Waals surface area contributed by atoms with Gasteiger partial charge in [-0.3, -0.25) is 14.5 Å². The monoisotopic (exact) mass is 648 g/mol. The largest absolute Gasteiger partial charge is 0.476 e. The average Bonchev–Trinajstić information content (AvgIpc) is 2.72. The van der Waals surface area contributed by atoms with E-state index in [0.29, 0.717) is 5.75 Å². The van der Waals surface area contributed by atoms with Gasteiger partial charge in [0.15, 0.2) is 12.2 Å². The Labute approximate surface area is 234 Å². The molecule has 1 aromatic rings. The highest BCUT2D eigenvalue weighted by molar-refractivity contribution is 8.26. The molecule has 1 fully saturated rings. The molecule has 35 heavy (non-hydrogen) atoms. The lowest BCUT2D eigenvalue weighted by molar-refractivity contribution is -0.179. The van der Waals surface area contributed by atoms with Crippen LogP contribution in [-0.2, 0) is 38.4 Å². The third kappa shape index (κ3) is 11.4. The van der Waals surface area contributed by atoms with E-state index in [4.69, 9.17) is 59.2 Å². The number of esters is 1. The van der Waals surface area contributed by atoms with Crippen molar-refractivity contribution in [1.82, 2.24) is 10.2 Å². The van der Waals surface area contributed by atoms with Crippen molar-refractivity contribution in [2.75, 3.05) is 12.4 Å². The van der Waals surface area contributed by atoms with E-state index in [-0.39, 0.29) is 5.57 Å². The number of para-hydroxylation sites is 1. The summed E-state index contributed by atoms with van der Waals surface area (Å²) < 4.78 is 29.1. The van der Waals surface area contributed by atoms with Crippen LogP contribution in [0.25, 0.3) is 0 Å². The number of hydrogen-bond acceptors (Lipinski definition) is 7. The molecule has 1 saturated heterocycles. The Morgan fingerprint density at radius 2 is 1.71 bits per heavy atom. The van der Waals surface area contributed by atoms with E-state index in [0.717, 1.165) is 4.90 Å². The van der Waals surface area contributed by atoms with Gasteiger partial charge >= 0.3 is 5.97 Å². The molecule has 4 atom stereocenters. The molecular formula is C18H18Cl6N2O7S2. The summed E-state index contributed by atoms with van der Waals surface area (Å²) in [5, 5.41) is 2.50. The first-order valence-electron chi connectivity index (χ1n) is 9.15. The lowest BCUT2D eigenvalue weighted by Gasteiger charge is -2.49. The number of carbonyl (C=O) groups is 3. The number of amides is 2. The highest BCUT2D eigenvalue weighted by Crippen LogP contribution is 2.31. The maximum atomic E-state index is 12.9. The summed E-state index contributed by atoms with van der Waals surface area (Å²) in [4.78, 5) is 38.7. The molecule has 4 unspecified atom stereocenters. The Balaban J connectivity index is 0.00000142. The third-order valence-corrected chi connectivity index (χ3v) is 5.13. The smallest absolute Gasteiger partial charge is 0.333 e. The summed E-state index contributed by atoms with van der Waals surface area (Å²) in [6.45, 7) is 4.64. The normalized spacial score (nSPS) is 19.0. The van der Waals surface area contributed by atoms with Gasteiger partial charge in [0.05, 0.1) is 0 Å². The van der Waals surface area contributed by atoms with Crippen LogP contribution in [0.2, 0.25) is 0 Å². The number of rotatable bonds is 9. The number of hydrogen-bond donors (Lipinski definition) is 1. The van der Waals surface area contributed by atoms with Crippen LogP contribution in [0.3, 0.4) is 0 Å². The molecule has 1 aliphatic heterocycles. The first-order valence-corrected chi connectivity index (χ1v) is 15.2. The van der Waals surface area contributed by atoms with Crippen LogP contribution in [-0.4, -0.2) is 65.6 Å². The number of ether oxygens (including phenoxy) is 2. The van der Waals surface area contributed by atoms with Crippen LogP contribution < -0.4 is 10.1 Å². The van der Waals surface area contributed by atoms with Gasteiger partial charge < -0.3 is 14.8 Å². The van der Waals surface area contributed by atoms with Crippen molar-refractivity contribution in [3.63, 3.8) is 0 Å². The summed E-state index contributed by atoms with van der Waals surface area (Å²) in [6, 6.07) is 7.11. The quantitative estimate of drug-likeness (QED) is 0.143. The van der Waals surface area contributed by atoms with Gasteiger partial charge in [0.1, 0.15) is 28.1 Å². The van der Waals surface area contributed by atoms with Gasteiger partial charge in [-0.2, -0.15) is 0 Å². The lowest BCUT2D eigenvalue weighted by Crippen LogP contribution is -2.76. The number of nitrogens with zero attached hydrogens (tertiary/aromatic N) is 1. The van der Waals surface area contributed by atoms with Crippen molar-refractivity contribution in [3.8, 4) is 5.75 Å². The minimum atomic E-state index is -1.94. The first-order chi connectivity index (χ1) is 16.1. The van der Waals surface area contributed by atoms with Gasteiger partial charge in [0.25, 0.3) is 5.91 Å². The van der Waals surface area contributed by atoms with Crippen LogP contribution in [0.15, 0.2) is 42.5 Å². The van der Waals surface area contributed by atoms with Gasteiger partial charge in [-0.05, 0) is 35.3 Å². The molecule has 0 saturated carbocycles. The molecule has 1 heterocycles. The van der Waals surface area contributed by atoms with Crippen LogP contribution >= 0.6 is 66.8 Å². The van der Waals surface area contributed by atoms with Crippen LogP contribution in [0.1, 0.15) is 6.92 Å². The Kier molecular flexibility index (Phi) is 13.7. The fourth-order valence-electron chi connectivity index (χ4n) is 2.77. The number of halogens is 6. The second-order valence-corrected chi connectivity index (χ2v) is 13.6. The molecule has 9 nitrogen and oxygen atoms in total. The Hall–Kier alpha value is -0.790. The summed E-state index contributed by atoms with van der Waals surface area (Å²) in [7, 11) is 10.8. The molecule has 0 aliphatic carbocycles. The molecule has 2 rings (SSSR count). The van der Waals surface area contributed by atoms with Gasteiger partial charge in [0.2, 0.25) is 25.0 Å². The third-order valence-electron chi connectivity index (χ3n) is 3.99. The number of alkyl halides is 3. The number of β-lactam (4-membered cyclic amide) rings is 1. The van der Waals surface area contributed by atoms with E-state index in [1.807, 2.05) is 0 Å². The highest BCUT2D eigenvalue weighted by Gasteiger charge is 2.55. The van der Waals surface area contributed by atoms with Crippen LogP contribution in [0.5, 0.6) is 5.75 Å². The van der Waals surface area contributed by atoms with Crippen molar-refractivity contribution >= 4 is 104 Å². The second kappa shape index (κ2) is 14.8. The number of likely N-dealkylation sites (tertiary alicyclic amines) is 1. The van der Waals surface area contributed by atoms with E-state index in [9.17, 15) is 18.6 Å². The predicted molar refractivity (Wildman–Crippen MR) is 138 cm³/mol. The van der Waals surface area contributed by atoms with E-state index in [1.165, 1.54) is 6.92 Å². The predicted octanol–water partition coefficient (Wildman–Crippen LogP) is 3.52. The van der Waals surface area contributed by atoms with Crippen molar-refractivity contribution in [1.29, 1.82) is 0 Å². The summed E-state index contributed by atoms with van der Waals surface area (Å²) in [5.41, 5.74) is 0.237. The first kappa shape index (κ1) is 32.2. The van der Waals surface area contributed by atoms with E-state index in [2.05, 4.69) is 33.3 Å². The molecular weight excluding hydrogens is 633 g/mol. The number of benzene rings is 1. The summed E-state index contributed by atoms with van der Waals surface area (Å²) in [6.07, 6.45) is -2.25. The molecule has 0 spiro atoms. The van der Waals surface area contributed by atoms with Crippen LogP contribution in [0.4, 0.5) is 0 Å². The maximum absolute atomic E-state index is 12.9. The highest BCUT2D eigenvalue weighted by atomic mass is 36.0. The molecule has 2 amide bonds. The molecule has 196 valence electrons. The molecule has 1 aromatic carbocycles. The molecule has 0 radical (unpaired) electrons. The maximum Gasteiger partial charge on any atom is 0.333 e. The van der Waals surface area contributed by atoms with Crippen molar-refractivity contribution in [3.05, 3.63) is 42.5 Å². The van der Waals surface area contributed by atoms with Gasteiger partial charge in [-0.15, -0.1) is 0 Å². The standard InChI is InChI=1S/C18H18Cl4N2O6S.Cl2OS/c1-10(2)13(17(27)29-9-18(19,20)21)24-15(23-12(25)8-31(22)28)14(16(24)26)30-11-6-4-3-5-7-11;1-4(2)3/h3-7,13-15H,1,8-9H2,2H3,(H,23,25);. The fraction of sp³-hybridized carbons (Fsp3) is 0.389. The zero-order chi connectivity index (χ0) is 26.9. The summed E-state index contributed by atoms with van der Waals surface area (Å²) in [5.74, 6) is -2.39. The van der Waals surface area contributed by atoms with Crippen molar-refractivity contribution in [2.45, 2.75) is 29.0 Å². The van der Waals surface area contributed by atoms with E-state index in [1.54, 1.807) is 30.3 Å². The van der Waals surface area contributed by atoms with Crippen molar-refractivity contribution < 1.29 is 32.3 Å². The summed E-state index contributed by atoms with van der Waals surface area (Å²) >= 11 is 16.8. The van der Waals surface area contributed by atoms with E-state index < -0.39 is 71.5 Å². The van der Waals surface area contributed by atoms with Gasteiger partial charge in [0, 0.05) is 21.4 Å². The Morgan fingerprint density at radius 3 is 2.17 bits per heavy atom. The lowest BCUT2D eigenvalue weighted by atomic mass is 9.97. The van der Waals surface area contributed by atoms with E-state index >= 15 is 0 Å². The molecule has 0 aromatic heterocycles. The van der Waals surface area contributed by atoms with Crippen molar-refractivity contribution in [2.24, 2.45) is 0 Å². The average molecular weight is 651 g/mol. The molecule has 1 aliphatic rings. The Bertz CT molecular complexity index is 976. The molecule has 17 heteroatoms. The topological polar surface area (TPSA) is 119 Å². The second-order valence-electron chi connectivity index (χ2n) is 6.70. The number of carbonyl (C=O) groups excluding carboxylic acids is 3. The number of nitrogens with one attached hydrogen (secondary N) is 1. The van der Waals surface area contributed by atoms with Gasteiger partial charge in [-0.1, -0.05) is 59.6 Å². The Morgan fingerprint density at radius 1 is 1.17 bits per heavy atom. The molecule has 1 N–H and O–H groups in total. The SMILES string of the molecule is C=C(C)C(C(=O)OCC(Cl)(Cl)Cl)N1C(=O)C(Oc2ccccc2)C1NC(=O)CS(=O)Cl.O=S(Cl)Cl. The zero-order valence-corrected chi connectivity index (χ0v) is 23.8. The molecule has 0 bridgehead atoms. The minimum absolute atomic E-state index is 0.237. The zero-order valence-electron chi connectivity index (χ0n) is 17.6. The minimum Gasteiger partial charge on any atom is -0.476 e.